The summed E-state index contributed by atoms with van der Waals surface area (Å²) in [6, 6.07) is 18.4. The highest BCUT2D eigenvalue weighted by Gasteiger charge is 2.34. The van der Waals surface area contributed by atoms with Crippen LogP contribution >= 0.6 is 0 Å². The number of carboxylic acids is 1. The first-order chi connectivity index (χ1) is 12.6. The zero-order chi connectivity index (χ0) is 18.4. The van der Waals surface area contributed by atoms with Gasteiger partial charge in [-0.1, -0.05) is 60.7 Å². The van der Waals surface area contributed by atoms with Crippen molar-refractivity contribution in [2.24, 2.45) is 0 Å². The molecule has 1 aliphatic heterocycles. The molecule has 1 amide bonds. The van der Waals surface area contributed by atoms with Crippen LogP contribution in [0.5, 0.6) is 0 Å². The second-order valence-corrected chi connectivity index (χ2v) is 6.30. The van der Waals surface area contributed by atoms with Crippen LogP contribution in [0, 0.1) is 0 Å². The summed E-state index contributed by atoms with van der Waals surface area (Å²) in [7, 11) is 0. The van der Waals surface area contributed by atoms with Crippen LogP contribution in [0.1, 0.15) is 11.1 Å². The van der Waals surface area contributed by atoms with Crippen molar-refractivity contribution < 1.29 is 19.4 Å². The molecule has 26 heavy (non-hydrogen) atoms. The Balaban J connectivity index is 1.58. The summed E-state index contributed by atoms with van der Waals surface area (Å²) >= 11 is 0. The zero-order valence-electron chi connectivity index (χ0n) is 14.5. The van der Waals surface area contributed by atoms with Gasteiger partial charge in [-0.2, -0.15) is 0 Å². The average molecular weight is 354 g/mol. The van der Waals surface area contributed by atoms with Gasteiger partial charge in [0.25, 0.3) is 0 Å². The summed E-state index contributed by atoms with van der Waals surface area (Å²) in [5, 5.41) is 9.57. The van der Waals surface area contributed by atoms with Gasteiger partial charge < -0.3 is 14.7 Å². The van der Waals surface area contributed by atoms with Crippen molar-refractivity contribution in [2.75, 3.05) is 19.6 Å². The van der Waals surface area contributed by atoms with Crippen LogP contribution in [-0.4, -0.2) is 52.6 Å². The standard InChI is InChI=1S/C20H22N2O4/c23-19(24)18-14-22(20(25)26-15-17-9-5-2-6-10-17)12-11-21(18)13-16-7-3-1-4-8-16/h1-10,18H,11-15H2,(H,23,24)/t18-/m0/s1. The van der Waals surface area contributed by atoms with Gasteiger partial charge in [0.15, 0.2) is 0 Å². The topological polar surface area (TPSA) is 70.1 Å². The SMILES string of the molecule is O=C(O)[C@@H]1CN(C(=O)OCc2ccccc2)CCN1Cc1ccccc1. The molecule has 2 aromatic carbocycles. The van der Waals surface area contributed by atoms with E-state index in [2.05, 4.69) is 0 Å². The van der Waals surface area contributed by atoms with Crippen molar-refractivity contribution in [3.05, 3.63) is 71.8 Å². The molecule has 0 aliphatic carbocycles. The number of benzene rings is 2. The molecule has 6 heteroatoms. The number of carbonyl (C=O) groups is 2. The first kappa shape index (κ1) is 17.9. The quantitative estimate of drug-likeness (QED) is 0.894. The van der Waals surface area contributed by atoms with E-state index < -0.39 is 18.1 Å². The summed E-state index contributed by atoms with van der Waals surface area (Å²) < 4.78 is 5.32. The summed E-state index contributed by atoms with van der Waals surface area (Å²) in [5.41, 5.74) is 1.96. The van der Waals surface area contributed by atoms with E-state index in [1.54, 1.807) is 0 Å². The number of hydrogen-bond donors (Lipinski definition) is 1. The van der Waals surface area contributed by atoms with Gasteiger partial charge in [-0.25, -0.2) is 4.79 Å². The number of hydrogen-bond acceptors (Lipinski definition) is 4. The lowest BCUT2D eigenvalue weighted by molar-refractivity contribution is -0.145. The maximum Gasteiger partial charge on any atom is 0.410 e. The predicted molar refractivity (Wildman–Crippen MR) is 96.5 cm³/mol. The molecule has 0 bridgehead atoms. The lowest BCUT2D eigenvalue weighted by Crippen LogP contribution is -2.57. The van der Waals surface area contributed by atoms with E-state index in [4.69, 9.17) is 4.74 Å². The lowest BCUT2D eigenvalue weighted by atomic mass is 10.1. The fourth-order valence-electron chi connectivity index (χ4n) is 3.04. The smallest absolute Gasteiger partial charge is 0.410 e. The van der Waals surface area contributed by atoms with E-state index in [1.165, 1.54) is 4.90 Å². The number of amides is 1. The van der Waals surface area contributed by atoms with E-state index >= 15 is 0 Å². The van der Waals surface area contributed by atoms with E-state index in [-0.39, 0.29) is 13.2 Å². The molecule has 0 unspecified atom stereocenters. The molecule has 1 N–H and O–H groups in total. The van der Waals surface area contributed by atoms with Gasteiger partial charge in [-0.3, -0.25) is 9.69 Å². The normalized spacial score (nSPS) is 17.7. The number of aliphatic carboxylic acids is 1. The molecular weight excluding hydrogens is 332 g/mol. The van der Waals surface area contributed by atoms with E-state index in [9.17, 15) is 14.7 Å². The van der Waals surface area contributed by atoms with Crippen molar-refractivity contribution in [2.45, 2.75) is 19.2 Å². The second-order valence-electron chi connectivity index (χ2n) is 6.30. The summed E-state index contributed by atoms with van der Waals surface area (Å²) in [4.78, 5) is 27.3. The third-order valence-corrected chi connectivity index (χ3v) is 4.47. The van der Waals surface area contributed by atoms with Gasteiger partial charge in [0.2, 0.25) is 0 Å². The first-order valence-corrected chi connectivity index (χ1v) is 8.60. The Bertz CT molecular complexity index is 736. The first-order valence-electron chi connectivity index (χ1n) is 8.60. The number of carboxylic acid groups (broad SMARTS) is 1. The molecule has 0 spiro atoms. The molecule has 3 rings (SSSR count). The number of nitrogens with zero attached hydrogens (tertiary/aromatic N) is 2. The molecule has 6 nitrogen and oxygen atoms in total. The monoisotopic (exact) mass is 354 g/mol. The molecule has 2 aromatic rings. The number of carbonyl (C=O) groups excluding carboxylic acids is 1. The Morgan fingerprint density at radius 2 is 1.58 bits per heavy atom. The van der Waals surface area contributed by atoms with E-state index in [0.29, 0.717) is 19.6 Å². The highest BCUT2D eigenvalue weighted by molar-refractivity contribution is 5.76. The Kier molecular flexibility index (Phi) is 5.86. The zero-order valence-corrected chi connectivity index (χ0v) is 14.5. The van der Waals surface area contributed by atoms with Gasteiger partial charge in [-0.05, 0) is 11.1 Å². The maximum atomic E-state index is 12.3. The van der Waals surface area contributed by atoms with Crippen molar-refractivity contribution in [3.8, 4) is 0 Å². The Hall–Kier alpha value is -2.86. The molecule has 1 fully saturated rings. The van der Waals surface area contributed by atoms with Crippen molar-refractivity contribution >= 4 is 12.1 Å². The van der Waals surface area contributed by atoms with E-state index in [1.807, 2.05) is 65.6 Å². The third kappa shape index (κ3) is 4.61. The van der Waals surface area contributed by atoms with Gasteiger partial charge >= 0.3 is 12.1 Å². The second kappa shape index (κ2) is 8.49. The molecule has 136 valence electrons. The minimum atomic E-state index is -0.929. The fraction of sp³-hybridized carbons (Fsp3) is 0.300. The van der Waals surface area contributed by atoms with Crippen molar-refractivity contribution in [1.29, 1.82) is 0 Å². The van der Waals surface area contributed by atoms with Crippen LogP contribution in [0.4, 0.5) is 4.79 Å². The van der Waals surface area contributed by atoms with Gasteiger partial charge in [-0.15, -0.1) is 0 Å². The van der Waals surface area contributed by atoms with Crippen LogP contribution in [-0.2, 0) is 22.7 Å². The maximum absolute atomic E-state index is 12.3. The minimum absolute atomic E-state index is 0.121. The average Bonchev–Trinajstić information content (AvgIpc) is 2.68. The van der Waals surface area contributed by atoms with Gasteiger partial charge in [0.1, 0.15) is 12.6 Å². The Morgan fingerprint density at radius 3 is 2.19 bits per heavy atom. The highest BCUT2D eigenvalue weighted by atomic mass is 16.6. The highest BCUT2D eigenvalue weighted by Crippen LogP contribution is 2.16. The lowest BCUT2D eigenvalue weighted by Gasteiger charge is -2.38. The molecule has 1 heterocycles. The largest absolute Gasteiger partial charge is 0.480 e. The van der Waals surface area contributed by atoms with Crippen LogP contribution in [0.25, 0.3) is 0 Å². The summed E-state index contributed by atoms with van der Waals surface area (Å²) in [6.45, 7) is 1.79. The van der Waals surface area contributed by atoms with Crippen LogP contribution < -0.4 is 0 Å². The molecule has 0 aromatic heterocycles. The Labute approximate surface area is 152 Å². The van der Waals surface area contributed by atoms with Crippen molar-refractivity contribution in [1.82, 2.24) is 9.80 Å². The Morgan fingerprint density at radius 1 is 0.962 bits per heavy atom. The minimum Gasteiger partial charge on any atom is -0.480 e. The third-order valence-electron chi connectivity index (χ3n) is 4.47. The molecule has 0 radical (unpaired) electrons. The molecular formula is C20H22N2O4. The number of piperazine rings is 1. The molecule has 0 saturated carbocycles. The predicted octanol–water partition coefficient (Wildman–Crippen LogP) is 2.59. The molecule has 1 saturated heterocycles. The fourth-order valence-corrected chi connectivity index (χ4v) is 3.04. The van der Waals surface area contributed by atoms with Crippen LogP contribution in [0.2, 0.25) is 0 Å². The number of rotatable bonds is 5. The van der Waals surface area contributed by atoms with Gasteiger partial charge in [0.05, 0.1) is 6.54 Å². The van der Waals surface area contributed by atoms with E-state index in [0.717, 1.165) is 11.1 Å². The molecule has 1 aliphatic rings. The van der Waals surface area contributed by atoms with Gasteiger partial charge in [0, 0.05) is 19.6 Å². The summed E-state index contributed by atoms with van der Waals surface area (Å²) in [6.07, 6.45) is -0.473. The summed E-state index contributed by atoms with van der Waals surface area (Å²) in [5.74, 6) is -0.929. The number of ether oxygens (including phenoxy) is 1. The van der Waals surface area contributed by atoms with Crippen LogP contribution in [0.3, 0.4) is 0 Å². The van der Waals surface area contributed by atoms with Crippen LogP contribution in [0.15, 0.2) is 60.7 Å². The van der Waals surface area contributed by atoms with Crippen molar-refractivity contribution in [3.63, 3.8) is 0 Å². The molecule has 1 atom stereocenters.